The topological polar surface area (TPSA) is 49.4 Å². The summed E-state index contributed by atoms with van der Waals surface area (Å²) in [4.78, 5) is 26.0. The monoisotopic (exact) mass is 288 g/mol. The van der Waals surface area contributed by atoms with Gasteiger partial charge in [-0.3, -0.25) is 9.59 Å². The second-order valence-electron chi connectivity index (χ2n) is 4.31. The van der Waals surface area contributed by atoms with Crippen LogP contribution in [0.5, 0.6) is 0 Å². The summed E-state index contributed by atoms with van der Waals surface area (Å²) < 4.78 is 0. The van der Waals surface area contributed by atoms with E-state index in [0.29, 0.717) is 10.4 Å². The highest BCUT2D eigenvalue weighted by atomic mass is 35.5. The van der Waals surface area contributed by atoms with E-state index < -0.39 is 0 Å². The molecule has 1 saturated heterocycles. The van der Waals surface area contributed by atoms with Crippen LogP contribution < -0.4 is 5.32 Å². The third-order valence-electron chi connectivity index (χ3n) is 2.98. The maximum atomic E-state index is 12.2. The van der Waals surface area contributed by atoms with E-state index in [1.165, 1.54) is 18.3 Å². The molecule has 6 heteroatoms. The molecule has 1 aliphatic rings. The largest absolute Gasteiger partial charge is 0.333 e. The van der Waals surface area contributed by atoms with Gasteiger partial charge in [-0.05, 0) is 19.9 Å². The lowest BCUT2D eigenvalue weighted by Crippen LogP contribution is -2.52. The zero-order valence-electron chi connectivity index (χ0n) is 10.4. The van der Waals surface area contributed by atoms with E-state index >= 15 is 0 Å². The van der Waals surface area contributed by atoms with E-state index in [1.807, 2.05) is 11.8 Å². The van der Waals surface area contributed by atoms with Gasteiger partial charge in [0.25, 0.3) is 5.91 Å². The van der Waals surface area contributed by atoms with Crippen LogP contribution in [0.15, 0.2) is 11.4 Å². The van der Waals surface area contributed by atoms with Gasteiger partial charge in [0.1, 0.15) is 0 Å². The molecule has 1 aliphatic heterocycles. The van der Waals surface area contributed by atoms with Gasteiger partial charge in [-0.2, -0.15) is 0 Å². The molecule has 0 spiro atoms. The molecule has 1 N–H and O–H groups in total. The molecule has 0 aromatic carbocycles. The first-order valence-electron chi connectivity index (χ1n) is 5.70. The second kappa shape index (κ2) is 6.31. The number of carbonyl (C=O) groups is 2. The fourth-order valence-corrected chi connectivity index (χ4v) is 2.82. The summed E-state index contributed by atoms with van der Waals surface area (Å²) in [5.74, 6) is 0.0464. The summed E-state index contributed by atoms with van der Waals surface area (Å²) in [6.07, 6.45) is 0. The van der Waals surface area contributed by atoms with E-state index in [1.54, 1.807) is 11.4 Å². The number of halogens is 1. The molecule has 1 aromatic rings. The molecule has 1 atom stereocenters. The molecule has 2 rings (SSSR count). The highest BCUT2D eigenvalue weighted by Crippen LogP contribution is 2.19. The van der Waals surface area contributed by atoms with Crippen molar-refractivity contribution in [2.24, 2.45) is 0 Å². The Labute approximate surface area is 117 Å². The van der Waals surface area contributed by atoms with Crippen LogP contribution in [0, 0.1) is 0 Å². The zero-order chi connectivity index (χ0) is 12.4. The van der Waals surface area contributed by atoms with Crippen LogP contribution in [-0.4, -0.2) is 42.3 Å². The standard InChI is InChI=1S/C12H16N2O2S.ClH/c1-8-6-13-3-4-14(8)12(16)11-5-10(7-17-11)9(2)15;/h5,7-8,13H,3-4,6H2,1-2H3;1H/t8-;/m1./s1. The molecule has 1 aromatic heterocycles. The van der Waals surface area contributed by atoms with Crippen LogP contribution in [0.4, 0.5) is 0 Å². The number of thiophene rings is 1. The molecule has 1 fully saturated rings. The number of amides is 1. The fraction of sp³-hybridized carbons (Fsp3) is 0.500. The molecule has 4 nitrogen and oxygen atoms in total. The van der Waals surface area contributed by atoms with Crippen molar-refractivity contribution in [3.63, 3.8) is 0 Å². The molecule has 0 unspecified atom stereocenters. The molecule has 0 saturated carbocycles. The van der Waals surface area contributed by atoms with Crippen LogP contribution in [0.25, 0.3) is 0 Å². The SMILES string of the molecule is CC(=O)c1csc(C(=O)N2CCNC[C@H]2C)c1.Cl. The van der Waals surface area contributed by atoms with Crippen LogP contribution >= 0.6 is 23.7 Å². The summed E-state index contributed by atoms with van der Waals surface area (Å²) >= 11 is 1.35. The summed E-state index contributed by atoms with van der Waals surface area (Å²) in [6.45, 7) is 5.94. The van der Waals surface area contributed by atoms with Gasteiger partial charge in [0.2, 0.25) is 0 Å². The molecule has 0 bridgehead atoms. The predicted molar refractivity (Wildman–Crippen MR) is 74.9 cm³/mol. The Morgan fingerprint density at radius 3 is 2.78 bits per heavy atom. The highest BCUT2D eigenvalue weighted by Gasteiger charge is 2.25. The van der Waals surface area contributed by atoms with Gasteiger partial charge in [-0.15, -0.1) is 23.7 Å². The van der Waals surface area contributed by atoms with Crippen molar-refractivity contribution in [3.8, 4) is 0 Å². The lowest BCUT2D eigenvalue weighted by molar-refractivity contribution is 0.0661. The number of nitrogens with zero attached hydrogens (tertiary/aromatic N) is 1. The lowest BCUT2D eigenvalue weighted by Gasteiger charge is -2.33. The maximum absolute atomic E-state index is 12.2. The quantitative estimate of drug-likeness (QED) is 0.845. The third-order valence-corrected chi connectivity index (χ3v) is 3.90. The van der Waals surface area contributed by atoms with Crippen LogP contribution in [0.3, 0.4) is 0 Å². The number of nitrogens with one attached hydrogen (secondary N) is 1. The van der Waals surface area contributed by atoms with Crippen molar-refractivity contribution in [2.75, 3.05) is 19.6 Å². The smallest absolute Gasteiger partial charge is 0.264 e. The van der Waals surface area contributed by atoms with Crippen molar-refractivity contribution < 1.29 is 9.59 Å². The molecule has 1 amide bonds. The lowest BCUT2D eigenvalue weighted by atomic mass is 10.2. The molecule has 2 heterocycles. The average molecular weight is 289 g/mol. The minimum absolute atomic E-state index is 0. The number of rotatable bonds is 2. The number of Topliss-reactive ketones (excluding diaryl/α,β-unsaturated/α-hetero) is 1. The summed E-state index contributed by atoms with van der Waals surface area (Å²) in [7, 11) is 0. The molecule has 18 heavy (non-hydrogen) atoms. The fourth-order valence-electron chi connectivity index (χ4n) is 1.92. The third kappa shape index (κ3) is 3.10. The van der Waals surface area contributed by atoms with Gasteiger partial charge >= 0.3 is 0 Å². The number of piperazine rings is 1. The van der Waals surface area contributed by atoms with Crippen molar-refractivity contribution in [1.82, 2.24) is 10.2 Å². The molecular weight excluding hydrogens is 272 g/mol. The number of ketones is 1. The molecular formula is C12H17ClN2O2S. The van der Waals surface area contributed by atoms with Crippen molar-refractivity contribution >= 4 is 35.4 Å². The van der Waals surface area contributed by atoms with Crippen LogP contribution in [-0.2, 0) is 0 Å². The normalized spacial score (nSPS) is 19.2. The first-order chi connectivity index (χ1) is 8.09. The van der Waals surface area contributed by atoms with E-state index in [2.05, 4.69) is 5.32 Å². The zero-order valence-corrected chi connectivity index (χ0v) is 12.1. The van der Waals surface area contributed by atoms with Crippen molar-refractivity contribution in [2.45, 2.75) is 19.9 Å². The second-order valence-corrected chi connectivity index (χ2v) is 5.22. The number of hydrogen-bond acceptors (Lipinski definition) is 4. The summed E-state index contributed by atoms with van der Waals surface area (Å²) in [5.41, 5.74) is 0.626. The molecule has 0 aliphatic carbocycles. The molecule has 100 valence electrons. The van der Waals surface area contributed by atoms with Gasteiger partial charge in [0.05, 0.1) is 4.88 Å². The van der Waals surface area contributed by atoms with E-state index in [4.69, 9.17) is 0 Å². The Morgan fingerprint density at radius 1 is 1.50 bits per heavy atom. The van der Waals surface area contributed by atoms with Crippen LogP contribution in [0.1, 0.15) is 33.9 Å². The van der Waals surface area contributed by atoms with E-state index in [-0.39, 0.29) is 30.1 Å². The summed E-state index contributed by atoms with van der Waals surface area (Å²) in [5, 5.41) is 5.00. The molecule has 0 radical (unpaired) electrons. The Kier molecular flexibility index (Phi) is 5.31. The first-order valence-corrected chi connectivity index (χ1v) is 6.58. The van der Waals surface area contributed by atoms with Crippen LogP contribution in [0.2, 0.25) is 0 Å². The number of carbonyl (C=O) groups excluding carboxylic acids is 2. The Bertz CT molecular complexity index is 447. The minimum Gasteiger partial charge on any atom is -0.333 e. The van der Waals surface area contributed by atoms with Crippen molar-refractivity contribution in [1.29, 1.82) is 0 Å². The predicted octanol–water partition coefficient (Wildman–Crippen LogP) is 1.81. The maximum Gasteiger partial charge on any atom is 0.264 e. The minimum atomic E-state index is 0. The van der Waals surface area contributed by atoms with Gasteiger partial charge in [-0.25, -0.2) is 0 Å². The number of hydrogen-bond donors (Lipinski definition) is 1. The van der Waals surface area contributed by atoms with E-state index in [0.717, 1.165) is 19.6 Å². The van der Waals surface area contributed by atoms with Gasteiger partial charge in [-0.1, -0.05) is 0 Å². The van der Waals surface area contributed by atoms with Gasteiger partial charge in [0.15, 0.2) is 5.78 Å². The highest BCUT2D eigenvalue weighted by molar-refractivity contribution is 7.12. The Hall–Kier alpha value is -0.910. The van der Waals surface area contributed by atoms with E-state index in [9.17, 15) is 9.59 Å². The van der Waals surface area contributed by atoms with Crippen molar-refractivity contribution in [3.05, 3.63) is 21.9 Å². The van der Waals surface area contributed by atoms with Gasteiger partial charge in [0, 0.05) is 36.6 Å². The summed E-state index contributed by atoms with van der Waals surface area (Å²) in [6, 6.07) is 1.91. The Morgan fingerprint density at radius 2 is 2.22 bits per heavy atom. The average Bonchev–Trinajstić information content (AvgIpc) is 2.78. The Balaban J connectivity index is 0.00000162. The van der Waals surface area contributed by atoms with Gasteiger partial charge < -0.3 is 10.2 Å². The first kappa shape index (κ1) is 15.1.